The van der Waals surface area contributed by atoms with E-state index in [1.54, 1.807) is 0 Å². The van der Waals surface area contributed by atoms with Crippen LogP contribution >= 0.6 is 0 Å². The summed E-state index contributed by atoms with van der Waals surface area (Å²) in [5.74, 6) is 0.319. The van der Waals surface area contributed by atoms with Gasteiger partial charge in [0.2, 0.25) is 0 Å². The molecule has 0 atom stereocenters. The molecule has 7 heteroatoms. The maximum absolute atomic E-state index is 11.4. The summed E-state index contributed by atoms with van der Waals surface area (Å²) in [6.07, 6.45) is 0. The largest absolute Gasteiger partial charge is 0.338 e. The number of carbonyl (C=O) groups excluding carboxylic acids is 1. The summed E-state index contributed by atoms with van der Waals surface area (Å²) in [6, 6.07) is 4.97. The van der Waals surface area contributed by atoms with Crippen LogP contribution in [-0.4, -0.2) is 25.5 Å². The van der Waals surface area contributed by atoms with Crippen molar-refractivity contribution < 1.29 is 17.8 Å². The molecule has 0 unspecified atom stereocenters. The minimum atomic E-state index is -4.26. The second-order valence-electron chi connectivity index (χ2n) is 4.23. The lowest BCUT2D eigenvalue weighted by Gasteiger charge is -2.09. The lowest BCUT2D eigenvalue weighted by molar-refractivity contribution is 0.251. The minimum absolute atomic E-state index is 0.260. The number of amides is 2. The molecule has 18 heavy (non-hydrogen) atoms. The lowest BCUT2D eigenvalue weighted by atomic mass is 10.2. The van der Waals surface area contributed by atoms with Crippen LogP contribution in [0, 0.1) is 5.92 Å². The second kappa shape index (κ2) is 5.83. The Hall–Kier alpha value is -1.60. The Morgan fingerprint density at radius 1 is 1.39 bits per heavy atom. The molecule has 0 aliphatic heterocycles. The molecular weight excluding hydrogens is 256 g/mol. The van der Waals surface area contributed by atoms with Gasteiger partial charge >= 0.3 is 6.03 Å². The molecule has 0 aromatic heterocycles. The molecule has 0 spiro atoms. The predicted molar refractivity (Wildman–Crippen MR) is 68.1 cm³/mol. The van der Waals surface area contributed by atoms with Gasteiger partial charge in [0.05, 0.1) is 4.90 Å². The number of hydrogen-bond donors (Lipinski definition) is 3. The molecule has 0 fully saturated rings. The first-order valence-corrected chi connectivity index (χ1v) is 6.85. The van der Waals surface area contributed by atoms with Gasteiger partial charge in [-0.05, 0) is 24.1 Å². The minimum Gasteiger partial charge on any atom is -0.338 e. The van der Waals surface area contributed by atoms with Gasteiger partial charge in [-0.3, -0.25) is 4.55 Å². The quantitative estimate of drug-likeness (QED) is 0.727. The number of hydrogen-bond acceptors (Lipinski definition) is 3. The fraction of sp³-hybridized carbons (Fsp3) is 0.364. The van der Waals surface area contributed by atoms with Crippen LogP contribution in [0.5, 0.6) is 0 Å². The third kappa shape index (κ3) is 4.72. The molecule has 0 radical (unpaired) electrons. The van der Waals surface area contributed by atoms with Crippen molar-refractivity contribution in [3.8, 4) is 0 Å². The SMILES string of the molecule is CC(C)CNC(=O)Nc1cccc(S(=O)(=O)O)c1. The van der Waals surface area contributed by atoms with Crippen molar-refractivity contribution in [1.29, 1.82) is 0 Å². The Bertz CT molecular complexity index is 526. The van der Waals surface area contributed by atoms with Crippen molar-refractivity contribution in [1.82, 2.24) is 5.32 Å². The zero-order chi connectivity index (χ0) is 13.8. The van der Waals surface area contributed by atoms with Crippen LogP contribution in [0.4, 0.5) is 10.5 Å². The smallest absolute Gasteiger partial charge is 0.319 e. The molecule has 0 aliphatic carbocycles. The van der Waals surface area contributed by atoms with Crippen LogP contribution in [0.3, 0.4) is 0 Å². The van der Waals surface area contributed by atoms with Gasteiger partial charge in [0.1, 0.15) is 0 Å². The first-order valence-electron chi connectivity index (χ1n) is 5.41. The van der Waals surface area contributed by atoms with E-state index in [4.69, 9.17) is 4.55 Å². The highest BCUT2D eigenvalue weighted by molar-refractivity contribution is 7.85. The van der Waals surface area contributed by atoms with Crippen molar-refractivity contribution in [2.75, 3.05) is 11.9 Å². The van der Waals surface area contributed by atoms with Gasteiger partial charge in [-0.1, -0.05) is 19.9 Å². The van der Waals surface area contributed by atoms with Gasteiger partial charge in [0.25, 0.3) is 10.1 Å². The van der Waals surface area contributed by atoms with Crippen molar-refractivity contribution >= 4 is 21.8 Å². The number of rotatable bonds is 4. The first kappa shape index (κ1) is 14.5. The summed E-state index contributed by atoms with van der Waals surface area (Å²) in [7, 11) is -4.26. The van der Waals surface area contributed by atoms with Gasteiger partial charge in [-0.25, -0.2) is 4.79 Å². The van der Waals surface area contributed by atoms with Gasteiger partial charge in [0, 0.05) is 12.2 Å². The highest BCUT2D eigenvalue weighted by Gasteiger charge is 2.10. The first-order chi connectivity index (χ1) is 8.29. The number of benzene rings is 1. The topological polar surface area (TPSA) is 95.5 Å². The summed E-state index contributed by atoms with van der Waals surface area (Å²) in [6.45, 7) is 4.43. The van der Waals surface area contributed by atoms with Crippen LogP contribution in [0.15, 0.2) is 29.2 Å². The van der Waals surface area contributed by atoms with E-state index >= 15 is 0 Å². The Kier molecular flexibility index (Phi) is 4.69. The average Bonchev–Trinajstić information content (AvgIpc) is 2.25. The van der Waals surface area contributed by atoms with Crippen molar-refractivity contribution in [2.24, 2.45) is 5.92 Å². The molecule has 0 saturated heterocycles. The molecule has 0 aliphatic rings. The van der Waals surface area contributed by atoms with Gasteiger partial charge in [0.15, 0.2) is 0 Å². The van der Waals surface area contributed by atoms with Gasteiger partial charge < -0.3 is 10.6 Å². The summed E-state index contributed by atoms with van der Waals surface area (Å²) in [5.41, 5.74) is 0.298. The molecule has 1 aromatic carbocycles. The molecule has 3 N–H and O–H groups in total. The Morgan fingerprint density at radius 2 is 2.06 bits per heavy atom. The molecule has 6 nitrogen and oxygen atoms in total. The monoisotopic (exact) mass is 272 g/mol. The molecule has 0 saturated carbocycles. The summed E-state index contributed by atoms with van der Waals surface area (Å²) < 4.78 is 30.7. The van der Waals surface area contributed by atoms with Gasteiger partial charge in [-0.2, -0.15) is 8.42 Å². The maximum Gasteiger partial charge on any atom is 0.319 e. The third-order valence-corrected chi connectivity index (χ3v) is 2.91. The predicted octanol–water partition coefficient (Wildman–Crippen LogP) is 1.71. The number of urea groups is 1. The van der Waals surface area contributed by atoms with E-state index in [-0.39, 0.29) is 4.90 Å². The molecular formula is C11H16N2O4S. The molecule has 0 bridgehead atoms. The molecule has 0 heterocycles. The molecule has 100 valence electrons. The zero-order valence-corrected chi connectivity index (χ0v) is 11.0. The Balaban J connectivity index is 2.71. The number of carbonyl (C=O) groups is 1. The zero-order valence-electron chi connectivity index (χ0n) is 10.2. The van der Waals surface area contributed by atoms with Crippen LogP contribution < -0.4 is 10.6 Å². The van der Waals surface area contributed by atoms with E-state index in [0.717, 1.165) is 0 Å². The second-order valence-corrected chi connectivity index (χ2v) is 5.65. The summed E-state index contributed by atoms with van der Waals surface area (Å²) >= 11 is 0. The van der Waals surface area contributed by atoms with Crippen LogP contribution in [-0.2, 0) is 10.1 Å². The lowest BCUT2D eigenvalue weighted by Crippen LogP contribution is -2.31. The summed E-state index contributed by atoms with van der Waals surface area (Å²) in [4.78, 5) is 11.2. The van der Waals surface area contributed by atoms with E-state index in [1.807, 2.05) is 13.8 Å². The fourth-order valence-electron chi connectivity index (χ4n) is 1.21. The number of anilines is 1. The fourth-order valence-corrected chi connectivity index (χ4v) is 1.73. The van der Waals surface area contributed by atoms with E-state index in [1.165, 1.54) is 24.3 Å². The average molecular weight is 272 g/mol. The molecule has 1 aromatic rings. The van der Waals surface area contributed by atoms with E-state index in [0.29, 0.717) is 18.2 Å². The van der Waals surface area contributed by atoms with Gasteiger partial charge in [-0.15, -0.1) is 0 Å². The van der Waals surface area contributed by atoms with Crippen LogP contribution in [0.2, 0.25) is 0 Å². The molecule has 1 rings (SSSR count). The van der Waals surface area contributed by atoms with E-state index in [2.05, 4.69) is 10.6 Å². The van der Waals surface area contributed by atoms with Crippen LogP contribution in [0.1, 0.15) is 13.8 Å². The van der Waals surface area contributed by atoms with E-state index < -0.39 is 16.1 Å². The highest BCUT2D eigenvalue weighted by atomic mass is 32.2. The van der Waals surface area contributed by atoms with Crippen molar-refractivity contribution in [2.45, 2.75) is 18.7 Å². The third-order valence-electron chi connectivity index (χ3n) is 2.06. The normalized spacial score (nSPS) is 11.3. The highest BCUT2D eigenvalue weighted by Crippen LogP contribution is 2.14. The number of nitrogens with one attached hydrogen (secondary N) is 2. The van der Waals surface area contributed by atoms with Crippen molar-refractivity contribution in [3.63, 3.8) is 0 Å². The Labute approximate surface area is 106 Å². The molecule has 2 amide bonds. The summed E-state index contributed by atoms with van der Waals surface area (Å²) in [5, 5.41) is 5.11. The van der Waals surface area contributed by atoms with Crippen molar-refractivity contribution in [3.05, 3.63) is 24.3 Å². The maximum atomic E-state index is 11.4. The Morgan fingerprint density at radius 3 is 2.61 bits per heavy atom. The van der Waals surface area contributed by atoms with E-state index in [9.17, 15) is 13.2 Å². The standard InChI is InChI=1S/C11H16N2O4S/c1-8(2)7-12-11(14)13-9-4-3-5-10(6-9)18(15,16)17/h3-6,8H,7H2,1-2H3,(H2,12,13,14)(H,15,16,17). The van der Waals surface area contributed by atoms with Crippen LogP contribution in [0.25, 0.3) is 0 Å².